The summed E-state index contributed by atoms with van der Waals surface area (Å²) in [6, 6.07) is 12.2. The number of carbonyl (C=O) groups excluding carboxylic acids is 2. The van der Waals surface area contributed by atoms with Crippen LogP contribution in [0.2, 0.25) is 0 Å². The minimum atomic E-state index is -0.437. The van der Waals surface area contributed by atoms with Gasteiger partial charge in [-0.05, 0) is 36.3 Å². The molecule has 0 spiro atoms. The fourth-order valence-electron chi connectivity index (χ4n) is 6.35. The van der Waals surface area contributed by atoms with Crippen LogP contribution in [-0.2, 0) is 26.2 Å². The molecule has 0 saturated heterocycles. The van der Waals surface area contributed by atoms with Gasteiger partial charge in [-0.15, -0.1) is 0 Å². The fourth-order valence-corrected chi connectivity index (χ4v) is 6.35. The largest absolute Gasteiger partial charge is 0.466 e. The molecular weight excluding hydrogens is 568 g/mol. The van der Waals surface area contributed by atoms with Gasteiger partial charge in [-0.25, -0.2) is 0 Å². The molecule has 4 heteroatoms. The molecule has 258 valence electrons. The Labute approximate surface area is 282 Å². The second-order valence-corrected chi connectivity index (χ2v) is 14.1. The van der Waals surface area contributed by atoms with Crippen molar-refractivity contribution in [3.8, 4) is 5.75 Å². The maximum absolute atomic E-state index is 13.0. The van der Waals surface area contributed by atoms with Crippen molar-refractivity contribution in [2.24, 2.45) is 0 Å². The maximum Gasteiger partial charge on any atom is 0.323 e. The van der Waals surface area contributed by atoms with E-state index in [0.29, 0.717) is 25.2 Å². The number of hydrogen-bond donors (Lipinski definition) is 0. The fraction of sp³-hybridized carbons (Fsp3) is 0.667. The van der Waals surface area contributed by atoms with Crippen molar-refractivity contribution >= 4 is 11.9 Å². The van der Waals surface area contributed by atoms with Crippen LogP contribution >= 0.6 is 0 Å². The maximum atomic E-state index is 13.0. The number of fused-ring (bicyclic) bond motifs is 1. The van der Waals surface area contributed by atoms with Gasteiger partial charge in [-0.3, -0.25) is 9.59 Å². The molecule has 1 heterocycles. The SMILES string of the molecule is CC.CCCCCCCCCCCCCCCCCCOC(=O)CCc1cc2c(c(C(C)(C)C)c1)OC(=O)C2c1cccc(C)c1. The average Bonchev–Trinajstić information content (AvgIpc) is 3.37. The van der Waals surface area contributed by atoms with E-state index in [0.717, 1.165) is 40.7 Å². The van der Waals surface area contributed by atoms with Gasteiger partial charge in [0.25, 0.3) is 0 Å². The van der Waals surface area contributed by atoms with E-state index >= 15 is 0 Å². The molecule has 0 amide bonds. The zero-order valence-electron chi connectivity index (χ0n) is 30.6. The minimum absolute atomic E-state index is 0.147. The lowest BCUT2D eigenvalue weighted by atomic mass is 9.81. The number of esters is 2. The average molecular weight is 635 g/mol. The number of hydrogen-bond acceptors (Lipinski definition) is 4. The van der Waals surface area contributed by atoms with Crippen molar-refractivity contribution in [2.45, 2.75) is 175 Å². The number of carbonyl (C=O) groups is 2. The Bertz CT molecular complexity index is 1160. The molecular formula is C42H66O4. The summed E-state index contributed by atoms with van der Waals surface area (Å²) in [5.41, 5.74) is 4.82. The molecule has 1 atom stereocenters. The molecule has 2 aromatic carbocycles. The second kappa shape index (κ2) is 22.0. The zero-order valence-corrected chi connectivity index (χ0v) is 30.6. The standard InChI is InChI=1S/C40H60O4.C2H6/c1-6-7-8-9-10-11-12-13-14-15-16-17-18-19-20-21-27-43-36(41)26-25-32-29-34-37(33-24-22-23-31(2)28-33)39(42)44-38(34)35(30-32)40(3,4)5;1-2/h22-24,28-30,37H,6-21,25-27H2,1-5H3;1-2H3. The Morgan fingerprint density at radius 2 is 1.33 bits per heavy atom. The van der Waals surface area contributed by atoms with Crippen LogP contribution in [0, 0.1) is 6.92 Å². The van der Waals surface area contributed by atoms with Crippen molar-refractivity contribution in [1.82, 2.24) is 0 Å². The Morgan fingerprint density at radius 1 is 0.783 bits per heavy atom. The van der Waals surface area contributed by atoms with Crippen LogP contribution in [0.5, 0.6) is 5.75 Å². The molecule has 0 saturated carbocycles. The van der Waals surface area contributed by atoms with Crippen LogP contribution < -0.4 is 4.74 Å². The summed E-state index contributed by atoms with van der Waals surface area (Å²) >= 11 is 0. The van der Waals surface area contributed by atoms with Gasteiger partial charge in [0, 0.05) is 17.5 Å². The lowest BCUT2D eigenvalue weighted by Crippen LogP contribution is -2.14. The second-order valence-electron chi connectivity index (χ2n) is 14.1. The molecule has 1 aliphatic heterocycles. The van der Waals surface area contributed by atoms with E-state index < -0.39 is 5.92 Å². The summed E-state index contributed by atoms with van der Waals surface area (Å²) in [6.45, 7) is 15.2. The Hall–Kier alpha value is -2.62. The Balaban J connectivity index is 0.00000361. The van der Waals surface area contributed by atoms with Crippen LogP contribution in [0.4, 0.5) is 0 Å². The molecule has 0 fully saturated rings. The predicted octanol–water partition coefficient (Wildman–Crippen LogP) is 12.1. The molecule has 0 aromatic heterocycles. The zero-order chi connectivity index (χ0) is 33.8. The van der Waals surface area contributed by atoms with Crippen LogP contribution in [0.15, 0.2) is 36.4 Å². The van der Waals surface area contributed by atoms with Crippen molar-refractivity contribution in [2.75, 3.05) is 6.61 Å². The highest BCUT2D eigenvalue weighted by Gasteiger charge is 2.38. The lowest BCUT2D eigenvalue weighted by Gasteiger charge is -2.23. The number of rotatable bonds is 21. The first kappa shape index (κ1) is 39.6. The Kier molecular flexibility index (Phi) is 19.0. The van der Waals surface area contributed by atoms with Crippen molar-refractivity contribution in [1.29, 1.82) is 0 Å². The normalized spacial score (nSPS) is 14.0. The van der Waals surface area contributed by atoms with Gasteiger partial charge in [-0.2, -0.15) is 0 Å². The van der Waals surface area contributed by atoms with Gasteiger partial charge in [0.2, 0.25) is 0 Å². The monoisotopic (exact) mass is 634 g/mol. The Morgan fingerprint density at radius 3 is 1.85 bits per heavy atom. The first-order valence-corrected chi connectivity index (χ1v) is 18.8. The van der Waals surface area contributed by atoms with Crippen molar-refractivity contribution < 1.29 is 19.1 Å². The lowest BCUT2D eigenvalue weighted by molar-refractivity contribution is -0.143. The van der Waals surface area contributed by atoms with E-state index in [1.807, 2.05) is 39.0 Å². The first-order chi connectivity index (χ1) is 22.2. The quantitative estimate of drug-likeness (QED) is 0.0779. The molecule has 4 nitrogen and oxygen atoms in total. The number of unbranched alkanes of at least 4 members (excludes halogenated alkanes) is 15. The van der Waals surface area contributed by atoms with Gasteiger partial charge in [0.1, 0.15) is 11.7 Å². The van der Waals surface area contributed by atoms with Crippen molar-refractivity contribution in [3.63, 3.8) is 0 Å². The summed E-state index contributed by atoms with van der Waals surface area (Å²) in [6.07, 6.45) is 22.2. The van der Waals surface area contributed by atoms with E-state index in [1.54, 1.807) is 0 Å². The summed E-state index contributed by atoms with van der Waals surface area (Å²) in [5, 5.41) is 0. The third kappa shape index (κ3) is 14.0. The molecule has 0 N–H and O–H groups in total. The van der Waals surface area contributed by atoms with Gasteiger partial charge in [-0.1, -0.05) is 180 Å². The summed E-state index contributed by atoms with van der Waals surface area (Å²) in [5.74, 6) is -0.130. The van der Waals surface area contributed by atoms with E-state index in [2.05, 4.69) is 45.9 Å². The highest BCUT2D eigenvalue weighted by molar-refractivity contribution is 5.90. The molecule has 1 unspecified atom stereocenters. The van der Waals surface area contributed by atoms with Crippen LogP contribution in [-0.4, -0.2) is 18.5 Å². The molecule has 3 rings (SSSR count). The van der Waals surface area contributed by atoms with E-state index in [1.165, 1.54) is 89.9 Å². The van der Waals surface area contributed by atoms with Crippen LogP contribution in [0.25, 0.3) is 0 Å². The molecule has 1 aliphatic rings. The van der Waals surface area contributed by atoms with Gasteiger partial charge >= 0.3 is 11.9 Å². The number of benzene rings is 2. The van der Waals surface area contributed by atoms with Crippen LogP contribution in [0.3, 0.4) is 0 Å². The summed E-state index contributed by atoms with van der Waals surface area (Å²) in [4.78, 5) is 25.6. The molecule has 0 radical (unpaired) electrons. The molecule has 0 bridgehead atoms. The van der Waals surface area contributed by atoms with E-state index in [9.17, 15) is 9.59 Å². The highest BCUT2D eigenvalue weighted by atomic mass is 16.5. The van der Waals surface area contributed by atoms with Gasteiger partial charge in [0.15, 0.2) is 0 Å². The minimum Gasteiger partial charge on any atom is -0.466 e. The molecule has 2 aromatic rings. The first-order valence-electron chi connectivity index (χ1n) is 18.8. The molecule has 46 heavy (non-hydrogen) atoms. The summed E-state index contributed by atoms with van der Waals surface area (Å²) < 4.78 is 11.4. The third-order valence-corrected chi connectivity index (χ3v) is 8.99. The third-order valence-electron chi connectivity index (χ3n) is 8.99. The van der Waals surface area contributed by atoms with Crippen molar-refractivity contribution in [3.05, 3.63) is 64.2 Å². The topological polar surface area (TPSA) is 52.6 Å². The summed E-state index contributed by atoms with van der Waals surface area (Å²) in [7, 11) is 0. The predicted molar refractivity (Wildman–Crippen MR) is 194 cm³/mol. The van der Waals surface area contributed by atoms with E-state index in [-0.39, 0.29) is 17.4 Å². The number of aryl methyl sites for hydroxylation is 2. The smallest absolute Gasteiger partial charge is 0.323 e. The van der Waals surface area contributed by atoms with Gasteiger partial charge < -0.3 is 9.47 Å². The van der Waals surface area contributed by atoms with E-state index in [4.69, 9.17) is 9.47 Å². The van der Waals surface area contributed by atoms with Gasteiger partial charge in [0.05, 0.1) is 6.61 Å². The highest BCUT2D eigenvalue weighted by Crippen LogP contribution is 2.46. The van der Waals surface area contributed by atoms with Crippen LogP contribution in [0.1, 0.15) is 184 Å². The molecule has 0 aliphatic carbocycles. The number of ether oxygens (including phenoxy) is 2.